The van der Waals surface area contributed by atoms with Gasteiger partial charge in [-0.3, -0.25) is 9.59 Å². The van der Waals surface area contributed by atoms with Crippen LogP contribution in [0.2, 0.25) is 0 Å². The van der Waals surface area contributed by atoms with Crippen molar-refractivity contribution in [3.05, 3.63) is 24.0 Å². The molecular formula is C13H20N2O2. The molecule has 0 radical (unpaired) electrons. The molecule has 4 nitrogen and oxygen atoms in total. The Bertz CT molecular complexity index is 407. The topological polar surface area (TPSA) is 42.3 Å². The molecule has 0 unspecified atom stereocenters. The first-order valence-electron chi connectivity index (χ1n) is 5.89. The zero-order chi connectivity index (χ0) is 13.0. The summed E-state index contributed by atoms with van der Waals surface area (Å²) in [5.41, 5.74) is 0.673. The molecule has 0 saturated carbocycles. The Kier molecular flexibility index (Phi) is 4.49. The van der Waals surface area contributed by atoms with Crippen LogP contribution in [0, 0.1) is 5.92 Å². The van der Waals surface area contributed by atoms with Gasteiger partial charge in [-0.05, 0) is 13.0 Å². The lowest BCUT2D eigenvalue weighted by Gasteiger charge is -2.14. The van der Waals surface area contributed by atoms with Crippen LogP contribution < -0.4 is 0 Å². The smallest absolute Gasteiger partial charge is 0.242 e. The summed E-state index contributed by atoms with van der Waals surface area (Å²) in [5.74, 6) is 0.145. The largest absolute Gasteiger partial charge is 0.344 e. The molecule has 0 bridgehead atoms. The van der Waals surface area contributed by atoms with Gasteiger partial charge in [-0.1, -0.05) is 13.8 Å². The maximum atomic E-state index is 11.7. The van der Waals surface area contributed by atoms with Gasteiger partial charge in [0.25, 0.3) is 0 Å². The Morgan fingerprint density at radius 1 is 1.41 bits per heavy atom. The number of ketones is 1. The number of aromatic nitrogens is 1. The number of carbonyl (C=O) groups is 2. The highest BCUT2D eigenvalue weighted by Crippen LogP contribution is 2.09. The van der Waals surface area contributed by atoms with E-state index in [9.17, 15) is 9.59 Å². The highest BCUT2D eigenvalue weighted by Gasteiger charge is 2.13. The summed E-state index contributed by atoms with van der Waals surface area (Å²) in [6.07, 6.45) is 3.51. The molecule has 1 aromatic heterocycles. The molecule has 0 aliphatic rings. The fourth-order valence-electron chi connectivity index (χ4n) is 1.47. The van der Waals surface area contributed by atoms with Crippen molar-refractivity contribution in [3.8, 4) is 0 Å². The zero-order valence-electron chi connectivity index (χ0n) is 10.9. The van der Waals surface area contributed by atoms with Crippen LogP contribution in [0.1, 0.15) is 31.1 Å². The number of carbonyl (C=O) groups excluding carboxylic acids is 2. The van der Waals surface area contributed by atoms with Crippen LogP contribution in [0.5, 0.6) is 0 Å². The molecule has 0 atom stereocenters. The van der Waals surface area contributed by atoms with Crippen LogP contribution in [0.3, 0.4) is 0 Å². The van der Waals surface area contributed by atoms with Crippen molar-refractivity contribution in [1.29, 1.82) is 0 Å². The Morgan fingerprint density at radius 2 is 2.06 bits per heavy atom. The molecular weight excluding hydrogens is 216 g/mol. The van der Waals surface area contributed by atoms with E-state index in [4.69, 9.17) is 0 Å². The van der Waals surface area contributed by atoms with Crippen LogP contribution in [0.15, 0.2) is 18.5 Å². The van der Waals surface area contributed by atoms with Crippen LogP contribution in [-0.2, 0) is 11.3 Å². The van der Waals surface area contributed by atoms with Gasteiger partial charge in [0, 0.05) is 37.5 Å². The second-order valence-corrected chi connectivity index (χ2v) is 4.50. The monoisotopic (exact) mass is 236 g/mol. The Labute approximate surface area is 102 Å². The van der Waals surface area contributed by atoms with Crippen molar-refractivity contribution >= 4 is 11.7 Å². The summed E-state index contributed by atoms with van der Waals surface area (Å²) in [5, 5.41) is 0. The minimum atomic E-state index is -0.0140. The molecule has 1 heterocycles. The summed E-state index contributed by atoms with van der Waals surface area (Å²) in [4.78, 5) is 25.1. The standard InChI is InChI=1S/C13H20N2O2/c1-5-14(4)12(16)9-15-7-6-11(8-15)13(17)10(2)3/h6-8,10H,5,9H2,1-4H3. The lowest BCUT2D eigenvalue weighted by atomic mass is 10.0. The normalized spacial score (nSPS) is 10.6. The van der Waals surface area contributed by atoms with Gasteiger partial charge in [0.1, 0.15) is 6.54 Å². The third-order valence-electron chi connectivity index (χ3n) is 2.78. The first-order chi connectivity index (χ1) is 7.95. The second kappa shape index (κ2) is 5.66. The summed E-state index contributed by atoms with van der Waals surface area (Å²) in [6, 6.07) is 1.77. The van der Waals surface area contributed by atoms with Crippen molar-refractivity contribution in [2.45, 2.75) is 27.3 Å². The van der Waals surface area contributed by atoms with Crippen molar-refractivity contribution in [2.24, 2.45) is 5.92 Å². The molecule has 0 saturated heterocycles. The number of nitrogens with zero attached hydrogens (tertiary/aromatic N) is 2. The molecule has 94 valence electrons. The lowest BCUT2D eigenvalue weighted by molar-refractivity contribution is -0.130. The van der Waals surface area contributed by atoms with Crippen LogP contribution >= 0.6 is 0 Å². The Balaban J connectivity index is 2.69. The highest BCUT2D eigenvalue weighted by atomic mass is 16.2. The van der Waals surface area contributed by atoms with Gasteiger partial charge in [0.2, 0.25) is 5.91 Å². The molecule has 0 N–H and O–H groups in total. The molecule has 1 amide bonds. The highest BCUT2D eigenvalue weighted by molar-refractivity contribution is 5.97. The molecule has 1 rings (SSSR count). The van der Waals surface area contributed by atoms with E-state index in [0.717, 1.165) is 0 Å². The number of likely N-dealkylation sites (N-methyl/N-ethyl adjacent to an activating group) is 1. The van der Waals surface area contributed by atoms with Gasteiger partial charge < -0.3 is 9.47 Å². The number of Topliss-reactive ketones (excluding diaryl/α,β-unsaturated/α-hetero) is 1. The fourth-order valence-corrected chi connectivity index (χ4v) is 1.47. The van der Waals surface area contributed by atoms with Crippen molar-refractivity contribution in [1.82, 2.24) is 9.47 Å². The first kappa shape index (κ1) is 13.5. The van der Waals surface area contributed by atoms with Crippen molar-refractivity contribution in [2.75, 3.05) is 13.6 Å². The van der Waals surface area contributed by atoms with Gasteiger partial charge >= 0.3 is 0 Å². The van der Waals surface area contributed by atoms with E-state index >= 15 is 0 Å². The minimum absolute atomic E-state index is 0.0140. The van der Waals surface area contributed by atoms with E-state index < -0.39 is 0 Å². The van der Waals surface area contributed by atoms with Gasteiger partial charge in [-0.2, -0.15) is 0 Å². The minimum Gasteiger partial charge on any atom is -0.344 e. The van der Waals surface area contributed by atoms with Gasteiger partial charge in [0.05, 0.1) is 0 Å². The number of hydrogen-bond acceptors (Lipinski definition) is 2. The van der Waals surface area contributed by atoms with E-state index in [1.165, 1.54) is 0 Å². The van der Waals surface area contributed by atoms with E-state index in [0.29, 0.717) is 12.1 Å². The number of amides is 1. The van der Waals surface area contributed by atoms with E-state index in [2.05, 4.69) is 0 Å². The van der Waals surface area contributed by atoms with E-state index in [-0.39, 0.29) is 24.2 Å². The Morgan fingerprint density at radius 3 is 2.59 bits per heavy atom. The quantitative estimate of drug-likeness (QED) is 0.732. The molecule has 1 aromatic rings. The number of rotatable bonds is 5. The van der Waals surface area contributed by atoms with Crippen LogP contribution in [0.4, 0.5) is 0 Å². The molecule has 0 aliphatic heterocycles. The maximum Gasteiger partial charge on any atom is 0.242 e. The Hall–Kier alpha value is -1.58. The molecule has 0 aliphatic carbocycles. The summed E-state index contributed by atoms with van der Waals surface area (Å²) in [6.45, 7) is 6.65. The van der Waals surface area contributed by atoms with E-state index in [1.54, 1.807) is 35.0 Å². The first-order valence-corrected chi connectivity index (χ1v) is 5.89. The molecule has 0 aromatic carbocycles. The average Bonchev–Trinajstić information content (AvgIpc) is 2.74. The average molecular weight is 236 g/mol. The summed E-state index contributed by atoms with van der Waals surface area (Å²) in [7, 11) is 1.77. The van der Waals surface area contributed by atoms with Gasteiger partial charge in [0.15, 0.2) is 5.78 Å². The summed E-state index contributed by atoms with van der Waals surface area (Å²) >= 11 is 0. The fraction of sp³-hybridized carbons (Fsp3) is 0.538. The molecule has 4 heteroatoms. The number of hydrogen-bond donors (Lipinski definition) is 0. The molecule has 17 heavy (non-hydrogen) atoms. The van der Waals surface area contributed by atoms with Crippen molar-refractivity contribution in [3.63, 3.8) is 0 Å². The predicted molar refractivity (Wildman–Crippen MR) is 66.9 cm³/mol. The van der Waals surface area contributed by atoms with Crippen molar-refractivity contribution < 1.29 is 9.59 Å². The third kappa shape index (κ3) is 3.44. The zero-order valence-corrected chi connectivity index (χ0v) is 10.9. The lowest BCUT2D eigenvalue weighted by Crippen LogP contribution is -2.29. The van der Waals surface area contributed by atoms with Gasteiger partial charge in [-0.15, -0.1) is 0 Å². The molecule has 0 spiro atoms. The third-order valence-corrected chi connectivity index (χ3v) is 2.78. The second-order valence-electron chi connectivity index (χ2n) is 4.50. The van der Waals surface area contributed by atoms with Gasteiger partial charge in [-0.25, -0.2) is 0 Å². The molecule has 0 fully saturated rings. The SMILES string of the molecule is CCN(C)C(=O)Cn1ccc(C(=O)C(C)C)c1. The maximum absolute atomic E-state index is 11.7. The predicted octanol–water partition coefficient (Wildman–Crippen LogP) is 1.81. The van der Waals surface area contributed by atoms with Crippen LogP contribution in [-0.4, -0.2) is 34.7 Å². The van der Waals surface area contributed by atoms with Crippen LogP contribution in [0.25, 0.3) is 0 Å². The summed E-state index contributed by atoms with van der Waals surface area (Å²) < 4.78 is 1.75. The van der Waals surface area contributed by atoms with E-state index in [1.807, 2.05) is 20.8 Å².